The Morgan fingerprint density at radius 3 is 2.69 bits per heavy atom. The number of fused-ring (bicyclic) bond motifs is 2. The number of aliphatic hydroxyl groups is 1. The van der Waals surface area contributed by atoms with Crippen molar-refractivity contribution < 1.29 is 9.52 Å². The van der Waals surface area contributed by atoms with Crippen molar-refractivity contribution in [2.75, 3.05) is 0 Å². The van der Waals surface area contributed by atoms with Gasteiger partial charge < -0.3 is 9.52 Å². The first-order chi connectivity index (χ1) is 12.5. The zero-order chi connectivity index (χ0) is 18.4. The Morgan fingerprint density at radius 2 is 1.92 bits per heavy atom. The van der Waals surface area contributed by atoms with Crippen molar-refractivity contribution >= 4 is 22.0 Å². The summed E-state index contributed by atoms with van der Waals surface area (Å²) in [5, 5.41) is 10.6. The van der Waals surface area contributed by atoms with E-state index in [1.807, 2.05) is 31.2 Å². The van der Waals surface area contributed by atoms with Crippen LogP contribution in [0.4, 0.5) is 0 Å². The van der Waals surface area contributed by atoms with Crippen LogP contribution < -0.4 is 5.43 Å². The first-order valence-electron chi connectivity index (χ1n) is 8.43. The molecular weight excluding hydrogens is 328 g/mol. The molecule has 0 aliphatic rings. The zero-order valence-electron chi connectivity index (χ0n) is 14.8. The van der Waals surface area contributed by atoms with E-state index >= 15 is 0 Å². The highest BCUT2D eigenvalue weighted by atomic mass is 16.3. The molecule has 26 heavy (non-hydrogen) atoms. The summed E-state index contributed by atoms with van der Waals surface area (Å²) in [5.74, 6) is 0.452. The SMILES string of the molecule is Cc1cc([C@H](C)O)c2oc(-c3cnc4cccnc4c3)c(C)c(=O)c2c1. The van der Waals surface area contributed by atoms with Gasteiger partial charge in [-0.2, -0.15) is 0 Å². The van der Waals surface area contributed by atoms with Gasteiger partial charge in [0.2, 0.25) is 0 Å². The number of benzene rings is 1. The molecule has 0 bridgehead atoms. The van der Waals surface area contributed by atoms with Gasteiger partial charge >= 0.3 is 0 Å². The molecule has 4 aromatic rings. The molecule has 0 spiro atoms. The maximum atomic E-state index is 12.9. The molecule has 0 fully saturated rings. The maximum absolute atomic E-state index is 12.9. The summed E-state index contributed by atoms with van der Waals surface area (Å²) in [6, 6.07) is 9.20. The molecule has 0 aliphatic carbocycles. The van der Waals surface area contributed by atoms with E-state index in [1.54, 1.807) is 32.3 Å². The summed E-state index contributed by atoms with van der Waals surface area (Å²) in [7, 11) is 0. The van der Waals surface area contributed by atoms with E-state index in [9.17, 15) is 9.90 Å². The van der Waals surface area contributed by atoms with Gasteiger partial charge in [0.1, 0.15) is 11.3 Å². The predicted molar refractivity (Wildman–Crippen MR) is 101 cm³/mol. The number of hydrogen-bond donors (Lipinski definition) is 1. The molecule has 1 N–H and O–H groups in total. The van der Waals surface area contributed by atoms with Crippen LogP contribution in [-0.2, 0) is 0 Å². The largest absolute Gasteiger partial charge is 0.455 e. The maximum Gasteiger partial charge on any atom is 0.196 e. The Hall–Kier alpha value is -3.05. The Labute approximate surface area is 150 Å². The molecule has 4 rings (SSSR count). The molecule has 1 aromatic carbocycles. The standard InChI is InChI=1S/C21H18N2O3/c1-11-7-15(13(3)24)21-16(8-11)19(25)12(2)20(26-21)14-9-18-17(23-10-14)5-4-6-22-18/h4-10,13,24H,1-3H3/t13-/m0/s1. The van der Waals surface area contributed by atoms with Gasteiger partial charge in [0, 0.05) is 29.1 Å². The minimum Gasteiger partial charge on any atom is -0.455 e. The average molecular weight is 346 g/mol. The second-order valence-electron chi connectivity index (χ2n) is 6.56. The van der Waals surface area contributed by atoms with Crippen LogP contribution in [-0.4, -0.2) is 15.1 Å². The van der Waals surface area contributed by atoms with Crippen molar-refractivity contribution in [2.45, 2.75) is 26.9 Å². The molecule has 5 nitrogen and oxygen atoms in total. The molecule has 1 atom stereocenters. The average Bonchev–Trinajstić information content (AvgIpc) is 2.64. The summed E-state index contributed by atoms with van der Waals surface area (Å²) < 4.78 is 6.13. The van der Waals surface area contributed by atoms with E-state index in [0.717, 1.165) is 16.6 Å². The molecule has 0 saturated carbocycles. The van der Waals surface area contributed by atoms with Gasteiger partial charge in [0.15, 0.2) is 5.43 Å². The lowest BCUT2D eigenvalue weighted by atomic mass is 10.0. The van der Waals surface area contributed by atoms with Gasteiger partial charge in [-0.1, -0.05) is 0 Å². The lowest BCUT2D eigenvalue weighted by molar-refractivity contribution is 0.199. The van der Waals surface area contributed by atoms with Gasteiger partial charge in [-0.05, 0) is 56.7 Å². The highest BCUT2D eigenvalue weighted by Gasteiger charge is 2.18. The van der Waals surface area contributed by atoms with Gasteiger partial charge in [0.05, 0.1) is 22.5 Å². The van der Waals surface area contributed by atoms with Crippen LogP contribution in [0.5, 0.6) is 0 Å². The summed E-state index contributed by atoms with van der Waals surface area (Å²) >= 11 is 0. The van der Waals surface area contributed by atoms with Gasteiger partial charge in [-0.3, -0.25) is 14.8 Å². The predicted octanol–water partition coefficient (Wildman–Crippen LogP) is 4.07. The van der Waals surface area contributed by atoms with Crippen LogP contribution in [0.2, 0.25) is 0 Å². The lowest BCUT2D eigenvalue weighted by Crippen LogP contribution is -2.09. The van der Waals surface area contributed by atoms with Crippen molar-refractivity contribution in [3.8, 4) is 11.3 Å². The molecule has 130 valence electrons. The van der Waals surface area contributed by atoms with Crippen LogP contribution >= 0.6 is 0 Å². The highest BCUT2D eigenvalue weighted by molar-refractivity contribution is 5.85. The molecule has 5 heteroatoms. The zero-order valence-corrected chi connectivity index (χ0v) is 14.8. The van der Waals surface area contributed by atoms with E-state index in [4.69, 9.17) is 4.42 Å². The van der Waals surface area contributed by atoms with E-state index in [2.05, 4.69) is 9.97 Å². The van der Waals surface area contributed by atoms with Crippen molar-refractivity contribution in [3.05, 3.63) is 69.6 Å². The number of pyridine rings is 2. The number of hydrogen-bond acceptors (Lipinski definition) is 5. The molecule has 3 heterocycles. The molecule has 0 unspecified atom stereocenters. The molecule has 3 aromatic heterocycles. The number of aryl methyl sites for hydroxylation is 1. The van der Waals surface area contributed by atoms with E-state index in [0.29, 0.717) is 33.4 Å². The fourth-order valence-electron chi connectivity index (χ4n) is 3.23. The Kier molecular flexibility index (Phi) is 3.81. The number of aromatic nitrogens is 2. The molecule has 0 amide bonds. The normalized spacial score (nSPS) is 12.6. The summed E-state index contributed by atoms with van der Waals surface area (Å²) in [6.45, 7) is 5.30. The fourth-order valence-corrected chi connectivity index (χ4v) is 3.23. The van der Waals surface area contributed by atoms with Gasteiger partial charge in [0.25, 0.3) is 0 Å². The summed E-state index contributed by atoms with van der Waals surface area (Å²) in [5.41, 5.74) is 4.52. The second kappa shape index (κ2) is 6.04. The van der Waals surface area contributed by atoms with Crippen molar-refractivity contribution in [2.24, 2.45) is 0 Å². The monoisotopic (exact) mass is 346 g/mol. The Bertz CT molecular complexity index is 1210. The minimum absolute atomic E-state index is 0.104. The van der Waals surface area contributed by atoms with Crippen molar-refractivity contribution in [1.82, 2.24) is 9.97 Å². The van der Waals surface area contributed by atoms with Crippen LogP contribution in [0.25, 0.3) is 33.3 Å². The lowest BCUT2D eigenvalue weighted by Gasteiger charge is -2.13. The summed E-state index contributed by atoms with van der Waals surface area (Å²) in [6.07, 6.45) is 2.63. The number of aliphatic hydroxyl groups excluding tert-OH is 1. The van der Waals surface area contributed by atoms with Crippen LogP contribution in [0.1, 0.15) is 29.7 Å². The first-order valence-corrected chi connectivity index (χ1v) is 8.43. The summed E-state index contributed by atoms with van der Waals surface area (Å²) in [4.78, 5) is 21.7. The molecule has 0 aliphatic heterocycles. The van der Waals surface area contributed by atoms with E-state index in [1.165, 1.54) is 0 Å². The van der Waals surface area contributed by atoms with E-state index in [-0.39, 0.29) is 5.43 Å². The molecular formula is C21H18N2O3. The first kappa shape index (κ1) is 16.4. The minimum atomic E-state index is -0.743. The number of nitrogens with zero attached hydrogens (tertiary/aromatic N) is 2. The van der Waals surface area contributed by atoms with Crippen LogP contribution in [0, 0.1) is 13.8 Å². The Balaban J connectivity index is 2.06. The van der Waals surface area contributed by atoms with Crippen molar-refractivity contribution in [3.63, 3.8) is 0 Å². The third-order valence-electron chi connectivity index (χ3n) is 4.56. The fraction of sp³-hybridized carbons (Fsp3) is 0.190. The number of rotatable bonds is 2. The highest BCUT2D eigenvalue weighted by Crippen LogP contribution is 2.31. The second-order valence-corrected chi connectivity index (χ2v) is 6.56. The van der Waals surface area contributed by atoms with E-state index < -0.39 is 6.10 Å². The van der Waals surface area contributed by atoms with Gasteiger partial charge in [-0.15, -0.1) is 0 Å². The molecule has 0 saturated heterocycles. The van der Waals surface area contributed by atoms with Crippen LogP contribution in [0.15, 0.2) is 51.9 Å². The van der Waals surface area contributed by atoms with Gasteiger partial charge in [-0.25, -0.2) is 0 Å². The van der Waals surface area contributed by atoms with Crippen molar-refractivity contribution in [1.29, 1.82) is 0 Å². The molecule has 0 radical (unpaired) electrons. The Morgan fingerprint density at radius 1 is 1.12 bits per heavy atom. The smallest absolute Gasteiger partial charge is 0.196 e. The van der Waals surface area contributed by atoms with Crippen LogP contribution in [0.3, 0.4) is 0 Å². The quantitative estimate of drug-likeness (QED) is 0.592. The third kappa shape index (κ3) is 2.57. The third-order valence-corrected chi connectivity index (χ3v) is 4.56. The topological polar surface area (TPSA) is 76.2 Å².